The minimum Gasteiger partial charge on any atom is -0.497 e. The Morgan fingerprint density at radius 3 is 1.90 bits per heavy atom. The first-order chi connectivity index (χ1) is 14.0. The second kappa shape index (κ2) is 9.41. The minimum atomic E-state index is -0.593. The molecule has 3 aromatic rings. The Labute approximate surface area is 169 Å². The largest absolute Gasteiger partial charge is 0.497 e. The Bertz CT molecular complexity index is 955. The minimum absolute atomic E-state index is 0.133. The van der Waals surface area contributed by atoms with Crippen molar-refractivity contribution in [2.75, 3.05) is 23.1 Å². The number of carbonyl (C=O) groups excluding carboxylic acids is 2. The number of amides is 2. The van der Waals surface area contributed by atoms with Crippen molar-refractivity contribution in [2.45, 2.75) is 13.0 Å². The van der Waals surface area contributed by atoms with Crippen LogP contribution in [-0.4, -0.2) is 18.9 Å². The number of carbonyl (C=O) groups is 2. The molecule has 6 nitrogen and oxygen atoms in total. The van der Waals surface area contributed by atoms with Crippen molar-refractivity contribution < 1.29 is 14.3 Å². The summed E-state index contributed by atoms with van der Waals surface area (Å²) in [6, 6.07) is 23.3. The van der Waals surface area contributed by atoms with Crippen LogP contribution in [0.4, 0.5) is 17.1 Å². The summed E-state index contributed by atoms with van der Waals surface area (Å²) in [4.78, 5) is 24.2. The molecule has 6 heteroatoms. The van der Waals surface area contributed by atoms with Gasteiger partial charge in [-0.25, -0.2) is 0 Å². The van der Waals surface area contributed by atoms with Gasteiger partial charge in [0.1, 0.15) is 11.8 Å². The van der Waals surface area contributed by atoms with Gasteiger partial charge in [-0.2, -0.15) is 0 Å². The zero-order chi connectivity index (χ0) is 20.6. The SMILES string of the molecule is COc1ccc(NC(=O)C(Nc2ccc(NC(C)=O)cc2)c2ccccc2)cc1. The van der Waals surface area contributed by atoms with Crippen molar-refractivity contribution >= 4 is 28.9 Å². The Morgan fingerprint density at radius 1 is 0.759 bits per heavy atom. The molecular formula is C23H23N3O3. The highest BCUT2D eigenvalue weighted by Crippen LogP contribution is 2.24. The third kappa shape index (κ3) is 5.59. The van der Waals surface area contributed by atoms with Gasteiger partial charge in [-0.3, -0.25) is 9.59 Å². The monoisotopic (exact) mass is 389 g/mol. The van der Waals surface area contributed by atoms with Crippen LogP contribution in [0.25, 0.3) is 0 Å². The molecule has 0 aromatic heterocycles. The summed E-state index contributed by atoms with van der Waals surface area (Å²) in [5, 5.41) is 8.93. The molecule has 3 rings (SSSR count). The first-order valence-electron chi connectivity index (χ1n) is 9.19. The van der Waals surface area contributed by atoms with Crippen LogP contribution in [-0.2, 0) is 9.59 Å². The van der Waals surface area contributed by atoms with E-state index in [4.69, 9.17) is 4.74 Å². The number of anilines is 3. The zero-order valence-electron chi connectivity index (χ0n) is 16.3. The normalized spacial score (nSPS) is 11.2. The van der Waals surface area contributed by atoms with Crippen molar-refractivity contribution in [2.24, 2.45) is 0 Å². The number of nitrogens with one attached hydrogen (secondary N) is 3. The van der Waals surface area contributed by atoms with E-state index < -0.39 is 6.04 Å². The molecule has 0 bridgehead atoms. The van der Waals surface area contributed by atoms with E-state index >= 15 is 0 Å². The number of benzene rings is 3. The molecular weight excluding hydrogens is 366 g/mol. The number of methoxy groups -OCH3 is 1. The molecule has 1 unspecified atom stereocenters. The van der Waals surface area contributed by atoms with Crippen LogP contribution in [0, 0.1) is 0 Å². The van der Waals surface area contributed by atoms with Gasteiger partial charge in [-0.1, -0.05) is 30.3 Å². The van der Waals surface area contributed by atoms with Gasteiger partial charge in [0.05, 0.1) is 7.11 Å². The fourth-order valence-corrected chi connectivity index (χ4v) is 2.85. The summed E-state index contributed by atoms with van der Waals surface area (Å²) in [7, 11) is 1.60. The average Bonchev–Trinajstić information content (AvgIpc) is 2.74. The maximum absolute atomic E-state index is 13.0. The van der Waals surface area contributed by atoms with Crippen LogP contribution in [0.2, 0.25) is 0 Å². The highest BCUT2D eigenvalue weighted by Gasteiger charge is 2.20. The van der Waals surface area contributed by atoms with Gasteiger partial charge < -0.3 is 20.7 Å². The maximum Gasteiger partial charge on any atom is 0.251 e. The smallest absolute Gasteiger partial charge is 0.251 e. The van der Waals surface area contributed by atoms with Gasteiger partial charge in [0.15, 0.2) is 0 Å². The van der Waals surface area contributed by atoms with E-state index in [1.54, 1.807) is 43.5 Å². The molecule has 0 radical (unpaired) electrons. The number of ether oxygens (including phenoxy) is 1. The standard InChI is InChI=1S/C23H23N3O3/c1-16(27)24-18-8-10-19(11-9-18)25-22(17-6-4-3-5-7-17)23(28)26-20-12-14-21(29-2)15-13-20/h3-15,22,25H,1-2H3,(H,24,27)(H,26,28). The molecule has 0 aliphatic rings. The molecule has 0 aliphatic carbocycles. The highest BCUT2D eigenvalue weighted by molar-refractivity contribution is 5.97. The molecule has 0 spiro atoms. The number of rotatable bonds is 7. The van der Waals surface area contributed by atoms with Crippen LogP contribution < -0.4 is 20.7 Å². The van der Waals surface area contributed by atoms with Crippen molar-refractivity contribution in [3.05, 3.63) is 84.4 Å². The lowest BCUT2D eigenvalue weighted by atomic mass is 10.1. The summed E-state index contributed by atoms with van der Waals surface area (Å²) in [5.74, 6) is 0.402. The molecule has 1 atom stereocenters. The topological polar surface area (TPSA) is 79.5 Å². The van der Waals surface area contributed by atoms with Crippen LogP contribution in [0.1, 0.15) is 18.5 Å². The van der Waals surface area contributed by atoms with E-state index in [2.05, 4.69) is 16.0 Å². The quantitative estimate of drug-likeness (QED) is 0.558. The molecule has 29 heavy (non-hydrogen) atoms. The fraction of sp³-hybridized carbons (Fsp3) is 0.130. The average molecular weight is 389 g/mol. The zero-order valence-corrected chi connectivity index (χ0v) is 16.3. The highest BCUT2D eigenvalue weighted by atomic mass is 16.5. The molecule has 0 fully saturated rings. The Kier molecular flexibility index (Phi) is 6.47. The lowest BCUT2D eigenvalue weighted by Crippen LogP contribution is -2.27. The van der Waals surface area contributed by atoms with Crippen LogP contribution in [0.3, 0.4) is 0 Å². The van der Waals surface area contributed by atoms with Crippen LogP contribution in [0.5, 0.6) is 5.75 Å². The van der Waals surface area contributed by atoms with Crippen LogP contribution >= 0.6 is 0 Å². The Balaban J connectivity index is 1.79. The lowest BCUT2D eigenvalue weighted by molar-refractivity contribution is -0.117. The molecule has 148 valence electrons. The Morgan fingerprint density at radius 2 is 1.31 bits per heavy atom. The summed E-state index contributed by atoms with van der Waals surface area (Å²) < 4.78 is 5.15. The predicted molar refractivity (Wildman–Crippen MR) is 115 cm³/mol. The number of hydrogen-bond donors (Lipinski definition) is 3. The van der Waals surface area contributed by atoms with E-state index in [0.29, 0.717) is 11.4 Å². The third-order valence-electron chi connectivity index (χ3n) is 4.27. The summed E-state index contributed by atoms with van der Waals surface area (Å²) in [6.45, 7) is 1.46. The van der Waals surface area contributed by atoms with E-state index in [0.717, 1.165) is 17.0 Å². The first kappa shape index (κ1) is 19.9. The van der Waals surface area contributed by atoms with Crippen molar-refractivity contribution in [3.8, 4) is 5.75 Å². The summed E-state index contributed by atoms with van der Waals surface area (Å²) in [5.41, 5.74) is 2.98. The van der Waals surface area contributed by atoms with Gasteiger partial charge in [0.2, 0.25) is 5.91 Å². The molecule has 0 heterocycles. The fourth-order valence-electron chi connectivity index (χ4n) is 2.85. The second-order valence-electron chi connectivity index (χ2n) is 6.46. The molecule has 3 N–H and O–H groups in total. The molecule has 0 saturated heterocycles. The van der Waals surface area contributed by atoms with Gasteiger partial charge in [0.25, 0.3) is 5.91 Å². The van der Waals surface area contributed by atoms with Gasteiger partial charge in [-0.05, 0) is 54.1 Å². The van der Waals surface area contributed by atoms with Crippen LogP contribution in [0.15, 0.2) is 78.9 Å². The van der Waals surface area contributed by atoms with Gasteiger partial charge >= 0.3 is 0 Å². The van der Waals surface area contributed by atoms with E-state index in [-0.39, 0.29) is 11.8 Å². The van der Waals surface area contributed by atoms with E-state index in [1.165, 1.54) is 6.92 Å². The van der Waals surface area contributed by atoms with Crippen molar-refractivity contribution in [1.82, 2.24) is 0 Å². The third-order valence-corrected chi connectivity index (χ3v) is 4.27. The maximum atomic E-state index is 13.0. The van der Waals surface area contributed by atoms with Crippen molar-refractivity contribution in [1.29, 1.82) is 0 Å². The Hall–Kier alpha value is -3.80. The second-order valence-corrected chi connectivity index (χ2v) is 6.46. The summed E-state index contributed by atoms with van der Waals surface area (Å²) >= 11 is 0. The predicted octanol–water partition coefficient (Wildman–Crippen LogP) is 4.45. The van der Waals surface area contributed by atoms with E-state index in [1.807, 2.05) is 42.5 Å². The molecule has 0 saturated carbocycles. The summed E-state index contributed by atoms with van der Waals surface area (Å²) in [6.07, 6.45) is 0. The molecule has 3 aromatic carbocycles. The molecule has 2 amide bonds. The lowest BCUT2D eigenvalue weighted by Gasteiger charge is -2.20. The molecule has 0 aliphatic heterocycles. The van der Waals surface area contributed by atoms with Gasteiger partial charge in [0, 0.05) is 24.0 Å². The van der Waals surface area contributed by atoms with Crippen molar-refractivity contribution in [3.63, 3.8) is 0 Å². The van der Waals surface area contributed by atoms with E-state index in [9.17, 15) is 9.59 Å². The van der Waals surface area contributed by atoms with Gasteiger partial charge in [-0.15, -0.1) is 0 Å². The number of hydrogen-bond acceptors (Lipinski definition) is 4. The first-order valence-corrected chi connectivity index (χ1v) is 9.19.